The largest absolute Gasteiger partial charge is 0.143 e. The van der Waals surface area contributed by atoms with Crippen molar-refractivity contribution < 1.29 is 0 Å². The molecule has 0 spiro atoms. The molecule has 3 heteroatoms. The van der Waals surface area contributed by atoms with E-state index < -0.39 is 0 Å². The van der Waals surface area contributed by atoms with Gasteiger partial charge in [-0.25, -0.2) is 0 Å². The van der Waals surface area contributed by atoms with Gasteiger partial charge < -0.3 is 0 Å². The summed E-state index contributed by atoms with van der Waals surface area (Å²) >= 11 is 12.2. The fourth-order valence-corrected chi connectivity index (χ4v) is 3.42. The predicted octanol–water partition coefficient (Wildman–Crippen LogP) is 4.41. The topological polar surface area (TPSA) is 0 Å². The molecule has 1 heterocycles. The Hall–Kier alpha value is -0.180. The van der Waals surface area contributed by atoms with Crippen LogP contribution in [-0.4, -0.2) is 0 Å². The van der Waals surface area contributed by atoms with E-state index in [0.29, 0.717) is 0 Å². The van der Waals surface area contributed by atoms with Crippen LogP contribution in [-0.2, 0) is 6.42 Å². The van der Waals surface area contributed by atoms with Gasteiger partial charge in [0.25, 0.3) is 0 Å². The van der Waals surface area contributed by atoms with Gasteiger partial charge in [-0.05, 0) is 24.1 Å². The molecule has 0 aliphatic heterocycles. The second-order valence-electron chi connectivity index (χ2n) is 2.86. The number of thiophene rings is 1. The average Bonchev–Trinajstić information content (AvgIpc) is 2.42. The molecular weight excluding hydrogens is 220 g/mol. The van der Waals surface area contributed by atoms with E-state index in [2.05, 4.69) is 25.6 Å². The highest BCUT2D eigenvalue weighted by molar-refractivity contribution is 7.80. The van der Waals surface area contributed by atoms with Gasteiger partial charge >= 0.3 is 0 Å². The standard InChI is InChI=1S/C10H9ClS2/c1-2-6-9-7(12)4-3-5-8(9)13-10(6)11/h3-5,12H,2H2,1H3. The Bertz CT molecular complexity index is 445. The Labute approximate surface area is 91.9 Å². The van der Waals surface area contributed by atoms with Crippen LogP contribution in [0.15, 0.2) is 23.1 Å². The maximum Gasteiger partial charge on any atom is 0.0973 e. The maximum absolute atomic E-state index is 6.12. The normalized spacial score (nSPS) is 11.0. The lowest BCUT2D eigenvalue weighted by molar-refractivity contribution is 1.16. The predicted molar refractivity (Wildman–Crippen MR) is 63.5 cm³/mol. The molecule has 0 unspecified atom stereocenters. The van der Waals surface area contributed by atoms with Crippen LogP contribution in [0.4, 0.5) is 0 Å². The number of rotatable bonds is 1. The second-order valence-corrected chi connectivity index (χ2v) is 4.99. The van der Waals surface area contributed by atoms with Crippen molar-refractivity contribution in [1.29, 1.82) is 0 Å². The van der Waals surface area contributed by atoms with Crippen LogP contribution in [0, 0.1) is 0 Å². The molecule has 0 bridgehead atoms. The Kier molecular flexibility index (Phi) is 2.54. The summed E-state index contributed by atoms with van der Waals surface area (Å²) in [5.41, 5.74) is 1.23. The minimum atomic E-state index is 0.902. The molecule has 2 aromatic rings. The highest BCUT2D eigenvalue weighted by Crippen LogP contribution is 2.38. The number of hydrogen-bond donors (Lipinski definition) is 1. The summed E-state index contributed by atoms with van der Waals surface area (Å²) in [6, 6.07) is 6.11. The first-order valence-electron chi connectivity index (χ1n) is 4.13. The molecular formula is C10H9ClS2. The summed E-state index contributed by atoms with van der Waals surface area (Å²) in [7, 11) is 0. The van der Waals surface area contributed by atoms with E-state index in [1.54, 1.807) is 11.3 Å². The molecule has 0 nitrogen and oxygen atoms in total. The second kappa shape index (κ2) is 3.52. The van der Waals surface area contributed by atoms with Crippen LogP contribution in [0.3, 0.4) is 0 Å². The van der Waals surface area contributed by atoms with Gasteiger partial charge in [0.1, 0.15) is 0 Å². The van der Waals surface area contributed by atoms with E-state index in [0.717, 1.165) is 15.7 Å². The van der Waals surface area contributed by atoms with Crippen LogP contribution >= 0.6 is 35.6 Å². The molecule has 0 aliphatic rings. The minimum Gasteiger partial charge on any atom is -0.143 e. The van der Waals surface area contributed by atoms with Gasteiger partial charge in [0, 0.05) is 15.0 Å². The molecule has 0 radical (unpaired) electrons. The zero-order valence-electron chi connectivity index (χ0n) is 7.17. The van der Waals surface area contributed by atoms with E-state index in [1.807, 2.05) is 12.1 Å². The summed E-state index contributed by atoms with van der Waals surface area (Å²) in [6.07, 6.45) is 0.969. The Morgan fingerprint density at radius 3 is 2.92 bits per heavy atom. The van der Waals surface area contributed by atoms with E-state index in [-0.39, 0.29) is 0 Å². The average molecular weight is 229 g/mol. The summed E-state index contributed by atoms with van der Waals surface area (Å²) < 4.78 is 2.13. The zero-order valence-corrected chi connectivity index (χ0v) is 9.64. The Morgan fingerprint density at radius 2 is 2.23 bits per heavy atom. The third-order valence-corrected chi connectivity index (χ3v) is 3.91. The summed E-state index contributed by atoms with van der Waals surface area (Å²) in [5.74, 6) is 0. The monoisotopic (exact) mass is 228 g/mol. The maximum atomic E-state index is 6.12. The van der Waals surface area contributed by atoms with Crippen LogP contribution in [0.2, 0.25) is 4.34 Å². The van der Waals surface area contributed by atoms with Gasteiger partial charge in [0.05, 0.1) is 4.34 Å². The molecule has 1 aromatic heterocycles. The first-order chi connectivity index (χ1) is 6.24. The van der Waals surface area contributed by atoms with Gasteiger partial charge in [-0.15, -0.1) is 24.0 Å². The first kappa shape index (κ1) is 9.38. The van der Waals surface area contributed by atoms with Crippen molar-refractivity contribution in [2.24, 2.45) is 0 Å². The van der Waals surface area contributed by atoms with E-state index in [4.69, 9.17) is 11.6 Å². The lowest BCUT2D eigenvalue weighted by Gasteiger charge is -1.97. The third-order valence-electron chi connectivity index (χ3n) is 2.10. The number of thiol groups is 1. The van der Waals surface area contributed by atoms with Crippen LogP contribution in [0.25, 0.3) is 10.1 Å². The summed E-state index contributed by atoms with van der Waals surface area (Å²) in [5, 5.41) is 1.23. The number of halogens is 1. The van der Waals surface area contributed by atoms with Gasteiger partial charge in [-0.1, -0.05) is 24.6 Å². The highest BCUT2D eigenvalue weighted by Gasteiger charge is 2.10. The highest BCUT2D eigenvalue weighted by atomic mass is 35.5. The number of hydrogen-bond acceptors (Lipinski definition) is 2. The Morgan fingerprint density at radius 1 is 1.46 bits per heavy atom. The van der Waals surface area contributed by atoms with E-state index in [9.17, 15) is 0 Å². The SMILES string of the molecule is CCc1c(Cl)sc2cccc(S)c12. The van der Waals surface area contributed by atoms with Gasteiger partial charge in [-0.2, -0.15) is 0 Å². The fourth-order valence-electron chi connectivity index (χ4n) is 1.48. The summed E-state index contributed by atoms with van der Waals surface area (Å²) in [6.45, 7) is 2.12. The van der Waals surface area contributed by atoms with Crippen molar-refractivity contribution in [3.63, 3.8) is 0 Å². The quantitative estimate of drug-likeness (QED) is 0.687. The molecule has 0 atom stereocenters. The smallest absolute Gasteiger partial charge is 0.0973 e. The number of benzene rings is 1. The van der Waals surface area contributed by atoms with Crippen molar-refractivity contribution in [2.45, 2.75) is 18.2 Å². The molecule has 0 aliphatic carbocycles. The molecule has 2 rings (SSSR count). The Balaban J connectivity index is 2.88. The van der Waals surface area contributed by atoms with Crippen molar-refractivity contribution in [2.75, 3.05) is 0 Å². The number of aryl methyl sites for hydroxylation is 1. The molecule has 0 N–H and O–H groups in total. The number of fused-ring (bicyclic) bond motifs is 1. The molecule has 0 amide bonds. The lowest BCUT2D eigenvalue weighted by Crippen LogP contribution is -1.78. The molecule has 13 heavy (non-hydrogen) atoms. The third kappa shape index (κ3) is 1.47. The molecule has 1 aromatic carbocycles. The van der Waals surface area contributed by atoms with Crippen molar-refractivity contribution >= 4 is 45.7 Å². The summed E-state index contributed by atoms with van der Waals surface area (Å²) in [4.78, 5) is 1.03. The molecule has 0 fully saturated rings. The minimum absolute atomic E-state index is 0.902. The van der Waals surface area contributed by atoms with Crippen LogP contribution < -0.4 is 0 Å². The van der Waals surface area contributed by atoms with Crippen molar-refractivity contribution in [3.05, 3.63) is 28.1 Å². The van der Waals surface area contributed by atoms with Gasteiger partial charge in [-0.3, -0.25) is 0 Å². The molecule has 0 saturated carbocycles. The van der Waals surface area contributed by atoms with Gasteiger partial charge in [0.2, 0.25) is 0 Å². The fraction of sp³-hybridized carbons (Fsp3) is 0.200. The van der Waals surface area contributed by atoms with E-state index in [1.165, 1.54) is 15.6 Å². The van der Waals surface area contributed by atoms with Crippen LogP contribution in [0.5, 0.6) is 0 Å². The zero-order chi connectivity index (χ0) is 9.42. The molecule has 68 valence electrons. The molecule has 0 saturated heterocycles. The van der Waals surface area contributed by atoms with Crippen molar-refractivity contribution in [1.82, 2.24) is 0 Å². The van der Waals surface area contributed by atoms with Crippen LogP contribution in [0.1, 0.15) is 12.5 Å². The van der Waals surface area contributed by atoms with Crippen molar-refractivity contribution in [3.8, 4) is 0 Å². The van der Waals surface area contributed by atoms with E-state index >= 15 is 0 Å². The van der Waals surface area contributed by atoms with Gasteiger partial charge in [0.15, 0.2) is 0 Å². The lowest BCUT2D eigenvalue weighted by atomic mass is 10.1. The first-order valence-corrected chi connectivity index (χ1v) is 5.77.